The molecule has 0 aliphatic rings. The zero-order valence-corrected chi connectivity index (χ0v) is 24.0. The Hall–Kier alpha value is -4.96. The molecule has 0 saturated heterocycles. The number of nitrogens with zero attached hydrogens (tertiary/aromatic N) is 2. The zero-order chi connectivity index (χ0) is 29.8. The van der Waals surface area contributed by atoms with E-state index < -0.39 is 10.0 Å². The fourth-order valence-corrected chi connectivity index (χ4v) is 5.43. The smallest absolute Gasteiger partial charge is 0.255 e. The van der Waals surface area contributed by atoms with Crippen LogP contribution < -0.4 is 9.62 Å². The molecule has 0 aliphatic carbocycles. The number of anilines is 1. The first kappa shape index (κ1) is 27.2. The highest BCUT2D eigenvalue weighted by atomic mass is 32.2. The number of halogens is 1. The number of carbonyl (C=O) groups excluding carboxylic acids is 1. The second kappa shape index (κ2) is 10.1. The Balaban J connectivity index is 1.65. The van der Waals surface area contributed by atoms with Crippen LogP contribution in [0.25, 0.3) is 56.0 Å². The van der Waals surface area contributed by atoms with Gasteiger partial charge in [0.15, 0.2) is 5.58 Å². The molecule has 6 aromatic rings. The molecule has 0 saturated carbocycles. The summed E-state index contributed by atoms with van der Waals surface area (Å²) < 4.78 is 52.7. The maximum Gasteiger partial charge on any atom is 0.255 e. The Bertz CT molecular complexity index is 2100. The number of para-hydroxylation sites is 1. The van der Waals surface area contributed by atoms with Gasteiger partial charge in [-0.15, -0.1) is 0 Å². The van der Waals surface area contributed by atoms with Crippen LogP contribution in [0, 0.1) is 12.7 Å². The van der Waals surface area contributed by atoms with Crippen LogP contribution in [0.15, 0.2) is 87.7 Å². The summed E-state index contributed by atoms with van der Waals surface area (Å²) in [6.07, 6.45) is 1.11. The van der Waals surface area contributed by atoms with Crippen molar-refractivity contribution in [2.45, 2.75) is 6.92 Å². The first-order chi connectivity index (χ1) is 20.0. The molecule has 8 nitrogen and oxygen atoms in total. The van der Waals surface area contributed by atoms with Gasteiger partial charge in [-0.2, -0.15) is 0 Å². The number of aryl methyl sites for hydroxylation is 1. The molecule has 212 valence electrons. The number of rotatable bonds is 6. The van der Waals surface area contributed by atoms with E-state index in [0.717, 1.165) is 16.1 Å². The molecule has 6 rings (SSSR count). The van der Waals surface area contributed by atoms with Crippen LogP contribution in [0.3, 0.4) is 0 Å². The highest BCUT2D eigenvalue weighted by molar-refractivity contribution is 7.92. The monoisotopic (exact) mass is 583 g/mol. The van der Waals surface area contributed by atoms with Crippen LogP contribution in [0.2, 0.25) is 0 Å². The van der Waals surface area contributed by atoms with Crippen molar-refractivity contribution in [3.05, 3.63) is 95.8 Å². The van der Waals surface area contributed by atoms with Gasteiger partial charge in [0.2, 0.25) is 15.9 Å². The van der Waals surface area contributed by atoms with E-state index in [2.05, 4.69) is 10.3 Å². The fourth-order valence-electron chi connectivity index (χ4n) is 4.92. The lowest BCUT2D eigenvalue weighted by Gasteiger charge is -2.20. The van der Waals surface area contributed by atoms with E-state index in [1.807, 2.05) is 31.2 Å². The Labute approximate surface area is 241 Å². The minimum atomic E-state index is -3.70. The predicted molar refractivity (Wildman–Crippen MR) is 161 cm³/mol. The average molecular weight is 584 g/mol. The van der Waals surface area contributed by atoms with Crippen molar-refractivity contribution in [3.8, 4) is 33.9 Å². The number of fused-ring (bicyclic) bond motifs is 2. The van der Waals surface area contributed by atoms with Crippen molar-refractivity contribution >= 4 is 43.7 Å². The van der Waals surface area contributed by atoms with Crippen molar-refractivity contribution < 1.29 is 26.4 Å². The molecule has 4 aromatic carbocycles. The van der Waals surface area contributed by atoms with E-state index >= 15 is 0 Å². The number of furan rings is 1. The number of benzene rings is 4. The maximum atomic E-state index is 13.5. The van der Waals surface area contributed by atoms with Crippen molar-refractivity contribution in [1.82, 2.24) is 10.3 Å². The van der Waals surface area contributed by atoms with E-state index in [1.54, 1.807) is 49.5 Å². The SMILES string of the molecule is CNC(=O)c1c(-c2ccc(C)cc2)oc2cc(N(C)S(C)(=O)=O)c(-c3cccc4nc(-c5ccc(F)cc5)oc34)cc12. The van der Waals surface area contributed by atoms with E-state index in [9.17, 15) is 17.6 Å². The Morgan fingerprint density at radius 3 is 2.29 bits per heavy atom. The molecule has 10 heteroatoms. The predicted octanol–water partition coefficient (Wildman–Crippen LogP) is 6.78. The van der Waals surface area contributed by atoms with Crippen LogP contribution in [-0.2, 0) is 10.0 Å². The number of hydrogen-bond donors (Lipinski definition) is 1. The van der Waals surface area contributed by atoms with Gasteiger partial charge in [-0.1, -0.05) is 42.0 Å². The second-order valence-electron chi connectivity index (χ2n) is 10.0. The third kappa shape index (κ3) is 4.69. The Morgan fingerprint density at radius 2 is 1.62 bits per heavy atom. The molecule has 0 radical (unpaired) electrons. The van der Waals surface area contributed by atoms with Crippen LogP contribution in [-0.4, -0.2) is 39.7 Å². The average Bonchev–Trinajstić information content (AvgIpc) is 3.57. The molecule has 0 spiro atoms. The highest BCUT2D eigenvalue weighted by Crippen LogP contribution is 2.43. The number of oxazole rings is 1. The first-order valence-electron chi connectivity index (χ1n) is 13.0. The molecule has 0 unspecified atom stereocenters. The zero-order valence-electron chi connectivity index (χ0n) is 23.2. The molecule has 1 N–H and O–H groups in total. The summed E-state index contributed by atoms with van der Waals surface area (Å²) in [4.78, 5) is 17.8. The minimum absolute atomic E-state index is 0.285. The largest absolute Gasteiger partial charge is 0.455 e. The molecule has 0 aliphatic heterocycles. The molecule has 0 bridgehead atoms. The van der Waals surface area contributed by atoms with E-state index in [-0.39, 0.29) is 17.6 Å². The lowest BCUT2D eigenvalue weighted by Crippen LogP contribution is -2.25. The minimum Gasteiger partial charge on any atom is -0.455 e. The van der Waals surface area contributed by atoms with Crippen LogP contribution in [0.1, 0.15) is 15.9 Å². The van der Waals surface area contributed by atoms with Gasteiger partial charge >= 0.3 is 0 Å². The number of hydrogen-bond acceptors (Lipinski definition) is 6. The van der Waals surface area contributed by atoms with Crippen molar-refractivity contribution in [3.63, 3.8) is 0 Å². The van der Waals surface area contributed by atoms with Gasteiger partial charge in [0, 0.05) is 47.8 Å². The Morgan fingerprint density at radius 1 is 0.929 bits per heavy atom. The summed E-state index contributed by atoms with van der Waals surface area (Å²) in [5.41, 5.74) is 5.31. The summed E-state index contributed by atoms with van der Waals surface area (Å²) in [6.45, 7) is 1.97. The topological polar surface area (TPSA) is 106 Å². The third-order valence-electron chi connectivity index (χ3n) is 7.21. The van der Waals surface area contributed by atoms with Gasteiger partial charge in [-0.25, -0.2) is 17.8 Å². The first-order valence-corrected chi connectivity index (χ1v) is 14.9. The molecular formula is C32H26FN3O5S. The van der Waals surface area contributed by atoms with E-state index in [4.69, 9.17) is 8.83 Å². The van der Waals surface area contributed by atoms with Gasteiger partial charge < -0.3 is 14.2 Å². The number of aromatic nitrogens is 1. The highest BCUT2D eigenvalue weighted by Gasteiger charge is 2.27. The number of carbonyl (C=O) groups is 1. The summed E-state index contributed by atoms with van der Waals surface area (Å²) in [6, 6.07) is 22.1. The quantitative estimate of drug-likeness (QED) is 0.232. The lowest BCUT2D eigenvalue weighted by atomic mass is 9.97. The van der Waals surface area contributed by atoms with Crippen molar-refractivity contribution in [2.75, 3.05) is 24.7 Å². The van der Waals surface area contributed by atoms with E-state index in [1.165, 1.54) is 19.2 Å². The molecule has 42 heavy (non-hydrogen) atoms. The maximum absolute atomic E-state index is 13.5. The normalized spacial score (nSPS) is 11.7. The number of sulfonamides is 1. The van der Waals surface area contributed by atoms with Crippen molar-refractivity contribution in [1.29, 1.82) is 0 Å². The van der Waals surface area contributed by atoms with Crippen molar-refractivity contribution in [2.24, 2.45) is 0 Å². The van der Waals surface area contributed by atoms with Gasteiger partial charge in [0.25, 0.3) is 5.91 Å². The van der Waals surface area contributed by atoms with Crippen LogP contribution in [0.5, 0.6) is 0 Å². The lowest BCUT2D eigenvalue weighted by molar-refractivity contribution is 0.0964. The molecular weight excluding hydrogens is 557 g/mol. The molecule has 0 atom stereocenters. The van der Waals surface area contributed by atoms with Gasteiger partial charge in [0.1, 0.15) is 22.7 Å². The molecule has 2 heterocycles. The second-order valence-corrected chi connectivity index (χ2v) is 12.0. The van der Waals surface area contributed by atoms with Crippen LogP contribution in [0.4, 0.5) is 10.1 Å². The summed E-state index contributed by atoms with van der Waals surface area (Å²) in [5.74, 6) is -0.0798. The summed E-state index contributed by atoms with van der Waals surface area (Å²) in [7, 11) is -0.708. The molecule has 0 fully saturated rings. The Kier molecular flexibility index (Phi) is 6.58. The number of amides is 1. The van der Waals surface area contributed by atoms with Crippen LogP contribution >= 0.6 is 0 Å². The van der Waals surface area contributed by atoms with E-state index in [0.29, 0.717) is 61.3 Å². The van der Waals surface area contributed by atoms with Gasteiger partial charge in [0.05, 0.1) is 17.5 Å². The molecule has 1 amide bonds. The summed E-state index contributed by atoms with van der Waals surface area (Å²) in [5, 5.41) is 3.20. The third-order valence-corrected chi connectivity index (χ3v) is 8.40. The van der Waals surface area contributed by atoms with Gasteiger partial charge in [-0.3, -0.25) is 9.10 Å². The molecule has 2 aromatic heterocycles. The van der Waals surface area contributed by atoms with Gasteiger partial charge in [-0.05, 0) is 43.3 Å². The summed E-state index contributed by atoms with van der Waals surface area (Å²) >= 11 is 0. The number of nitrogens with one attached hydrogen (secondary N) is 1. The standard InChI is InChI=1S/C32H26FN3O5S/c1-18-8-10-19(11-9-18)29-28(31(37)34-2)24-16-23(26(17-27(24)40-29)36(3)42(4,38)39)22-6-5-7-25-30(22)41-32(35-25)20-12-14-21(33)15-13-20/h5-17H,1-4H3,(H,34,37). The fraction of sp³-hybridized carbons (Fsp3) is 0.125.